The lowest BCUT2D eigenvalue weighted by molar-refractivity contribution is 0.424. The van der Waals surface area contributed by atoms with Gasteiger partial charge in [0.15, 0.2) is 0 Å². The zero-order valence-electron chi connectivity index (χ0n) is 11.6. The van der Waals surface area contributed by atoms with Crippen LogP contribution in [0.3, 0.4) is 0 Å². The lowest BCUT2D eigenvalue weighted by atomic mass is 9.90. The molecule has 0 spiro atoms. The van der Waals surface area contributed by atoms with E-state index in [2.05, 4.69) is 30.0 Å². The number of unbranched alkanes of at least 4 members (excludes halogenated alkanes) is 3. The molecular formula is C13H33BrP2. The lowest BCUT2D eigenvalue weighted by Crippen LogP contribution is -2.20. The average Bonchev–Trinajstić information content (AvgIpc) is 2.21. The van der Waals surface area contributed by atoms with Crippen LogP contribution in [-0.2, 0) is 0 Å². The fraction of sp³-hybridized carbons (Fsp3) is 1.00. The summed E-state index contributed by atoms with van der Waals surface area (Å²) in [4.78, 5) is 0. The van der Waals surface area contributed by atoms with Gasteiger partial charge in [-0.15, -0.1) is 26.2 Å². The van der Waals surface area contributed by atoms with E-state index in [0.29, 0.717) is 5.16 Å². The predicted octanol–water partition coefficient (Wildman–Crippen LogP) is 5.81. The minimum Gasteiger partial charge on any atom is -0.153 e. The van der Waals surface area contributed by atoms with Crippen LogP contribution >= 0.6 is 36.1 Å². The van der Waals surface area contributed by atoms with E-state index in [1.165, 1.54) is 57.8 Å². The quantitative estimate of drug-likeness (QED) is 0.468. The maximum absolute atomic E-state index is 3.17. The van der Waals surface area contributed by atoms with Crippen LogP contribution in [0.25, 0.3) is 0 Å². The lowest BCUT2D eigenvalue weighted by Gasteiger charge is -2.29. The Morgan fingerprint density at radius 1 is 0.750 bits per heavy atom. The summed E-state index contributed by atoms with van der Waals surface area (Å²) in [6, 6.07) is 0. The van der Waals surface area contributed by atoms with Crippen LogP contribution in [0.5, 0.6) is 0 Å². The Kier molecular flexibility index (Phi) is 20.3. The highest BCUT2D eigenvalue weighted by Gasteiger charge is 2.22. The SMILES string of the molecule is Br.CCCCC(P)(CCCC)CCCC.P. The summed E-state index contributed by atoms with van der Waals surface area (Å²) in [6.45, 7) is 6.89. The van der Waals surface area contributed by atoms with Gasteiger partial charge in [-0.25, -0.2) is 0 Å². The summed E-state index contributed by atoms with van der Waals surface area (Å²) in [6.07, 6.45) is 12.5. The molecule has 0 saturated carbocycles. The highest BCUT2D eigenvalue weighted by atomic mass is 79.9. The molecule has 0 aliphatic heterocycles. The molecule has 0 nitrogen and oxygen atoms in total. The van der Waals surface area contributed by atoms with Gasteiger partial charge in [0.25, 0.3) is 0 Å². The predicted molar refractivity (Wildman–Crippen MR) is 92.4 cm³/mol. The Hall–Kier alpha value is 1.34. The van der Waals surface area contributed by atoms with Crippen LogP contribution in [0.4, 0.5) is 0 Å². The Balaban J connectivity index is -0.000000845. The van der Waals surface area contributed by atoms with Crippen molar-refractivity contribution in [3.8, 4) is 0 Å². The van der Waals surface area contributed by atoms with Crippen molar-refractivity contribution in [1.82, 2.24) is 0 Å². The van der Waals surface area contributed by atoms with Crippen LogP contribution < -0.4 is 0 Å². The maximum Gasteiger partial charge on any atom is -0.0150 e. The van der Waals surface area contributed by atoms with Crippen molar-refractivity contribution in [2.75, 3.05) is 0 Å². The summed E-state index contributed by atoms with van der Waals surface area (Å²) in [5.74, 6) is 0. The van der Waals surface area contributed by atoms with Gasteiger partial charge in [-0.3, -0.25) is 0 Å². The van der Waals surface area contributed by atoms with Crippen molar-refractivity contribution in [3.63, 3.8) is 0 Å². The second kappa shape index (κ2) is 14.4. The van der Waals surface area contributed by atoms with E-state index in [4.69, 9.17) is 0 Å². The van der Waals surface area contributed by atoms with Crippen LogP contribution in [-0.4, -0.2) is 5.16 Å². The molecule has 0 aromatic carbocycles. The summed E-state index contributed by atoms with van der Waals surface area (Å²) < 4.78 is 0. The van der Waals surface area contributed by atoms with Crippen molar-refractivity contribution in [2.24, 2.45) is 0 Å². The number of halogens is 1. The third-order valence-corrected chi connectivity index (χ3v) is 3.95. The summed E-state index contributed by atoms with van der Waals surface area (Å²) in [5, 5.41) is 0.571. The first-order valence-corrected chi connectivity index (χ1v) is 7.05. The van der Waals surface area contributed by atoms with Gasteiger partial charge in [-0.2, -0.15) is 9.90 Å². The van der Waals surface area contributed by atoms with Gasteiger partial charge < -0.3 is 0 Å². The molecule has 102 valence electrons. The molecule has 0 fully saturated rings. The van der Waals surface area contributed by atoms with E-state index in [1.807, 2.05) is 0 Å². The van der Waals surface area contributed by atoms with Crippen LogP contribution in [0, 0.1) is 0 Å². The molecule has 0 aliphatic rings. The number of hydrogen-bond donors (Lipinski definition) is 0. The van der Waals surface area contributed by atoms with Gasteiger partial charge in [-0.1, -0.05) is 59.3 Å². The van der Waals surface area contributed by atoms with E-state index < -0.39 is 0 Å². The van der Waals surface area contributed by atoms with E-state index in [1.54, 1.807) is 0 Å². The third-order valence-electron chi connectivity index (χ3n) is 3.08. The third kappa shape index (κ3) is 11.8. The molecule has 0 rings (SSSR count). The van der Waals surface area contributed by atoms with E-state index in [-0.39, 0.29) is 26.9 Å². The van der Waals surface area contributed by atoms with Gasteiger partial charge in [0.2, 0.25) is 0 Å². The van der Waals surface area contributed by atoms with Crippen LogP contribution in [0.1, 0.15) is 78.6 Å². The summed E-state index contributed by atoms with van der Waals surface area (Å²) in [7, 11) is 3.17. The topological polar surface area (TPSA) is 0 Å². The first-order valence-electron chi connectivity index (χ1n) is 6.47. The van der Waals surface area contributed by atoms with Crippen molar-refractivity contribution >= 4 is 36.1 Å². The molecule has 0 radical (unpaired) electrons. The van der Waals surface area contributed by atoms with Crippen molar-refractivity contribution in [2.45, 2.75) is 83.7 Å². The second-order valence-electron chi connectivity index (χ2n) is 4.67. The highest BCUT2D eigenvalue weighted by molar-refractivity contribution is 8.93. The molecule has 0 heterocycles. The molecule has 0 aromatic heterocycles. The molecule has 0 bridgehead atoms. The smallest absolute Gasteiger partial charge is 0.0150 e. The van der Waals surface area contributed by atoms with Gasteiger partial charge >= 0.3 is 0 Å². The molecular weight excluding hydrogens is 298 g/mol. The molecule has 2 atom stereocenters. The number of rotatable bonds is 9. The zero-order valence-corrected chi connectivity index (χ0v) is 15.8. The van der Waals surface area contributed by atoms with Crippen LogP contribution in [0.15, 0.2) is 0 Å². The Bertz CT molecular complexity index is 107. The molecule has 0 N–H and O–H groups in total. The summed E-state index contributed by atoms with van der Waals surface area (Å²) in [5.41, 5.74) is 0. The second-order valence-corrected chi connectivity index (χ2v) is 5.90. The molecule has 0 aromatic rings. The molecule has 0 aliphatic carbocycles. The van der Waals surface area contributed by atoms with E-state index >= 15 is 0 Å². The normalized spacial score (nSPS) is 10.5. The van der Waals surface area contributed by atoms with E-state index in [9.17, 15) is 0 Å². The van der Waals surface area contributed by atoms with Gasteiger partial charge in [-0.05, 0) is 24.4 Å². The van der Waals surface area contributed by atoms with Gasteiger partial charge in [0.05, 0.1) is 0 Å². The number of hydrogen-bond acceptors (Lipinski definition) is 0. The molecule has 0 saturated heterocycles. The Morgan fingerprint density at radius 3 is 1.19 bits per heavy atom. The zero-order chi connectivity index (χ0) is 10.9. The average molecular weight is 331 g/mol. The Labute approximate surface area is 120 Å². The monoisotopic (exact) mass is 330 g/mol. The Morgan fingerprint density at radius 2 is 1.00 bits per heavy atom. The van der Waals surface area contributed by atoms with Gasteiger partial charge in [0.1, 0.15) is 0 Å². The van der Waals surface area contributed by atoms with E-state index in [0.717, 1.165) is 0 Å². The minimum atomic E-state index is 0. The van der Waals surface area contributed by atoms with Crippen molar-refractivity contribution in [3.05, 3.63) is 0 Å². The molecule has 2 unspecified atom stereocenters. The fourth-order valence-electron chi connectivity index (χ4n) is 1.96. The minimum absolute atomic E-state index is 0. The summed E-state index contributed by atoms with van der Waals surface area (Å²) >= 11 is 0. The van der Waals surface area contributed by atoms with Crippen LogP contribution in [0.2, 0.25) is 0 Å². The first kappa shape index (κ1) is 22.5. The van der Waals surface area contributed by atoms with Crippen molar-refractivity contribution < 1.29 is 0 Å². The fourth-order valence-corrected chi connectivity index (χ4v) is 2.57. The molecule has 3 heteroatoms. The van der Waals surface area contributed by atoms with Crippen molar-refractivity contribution in [1.29, 1.82) is 0 Å². The first-order chi connectivity index (χ1) is 6.68. The highest BCUT2D eigenvalue weighted by Crippen LogP contribution is 2.36. The largest absolute Gasteiger partial charge is 0.153 e. The maximum atomic E-state index is 3.17. The molecule has 0 amide bonds. The molecule has 16 heavy (non-hydrogen) atoms. The van der Waals surface area contributed by atoms with Gasteiger partial charge in [0, 0.05) is 0 Å². The standard InChI is InChI=1S/C13H29P.BrH.H3P/c1-4-7-10-13(14,11-8-5-2)12-9-6-3;;/h4-12,14H2,1-3H3;1H;1H3.